The molecule has 1 rings (SSSR count). The first-order valence-corrected chi connectivity index (χ1v) is 3.88. The minimum absolute atomic E-state index is 0.483. The Labute approximate surface area is 75.5 Å². The number of rotatable bonds is 2. The number of hydrogen-bond acceptors (Lipinski definition) is 4. The smallest absolute Gasteiger partial charge is 0.223 e. The van der Waals surface area contributed by atoms with Gasteiger partial charge in [0.1, 0.15) is 0 Å². The first kappa shape index (κ1) is 8.92. The summed E-state index contributed by atoms with van der Waals surface area (Å²) in [4.78, 5) is 3.99. The van der Waals surface area contributed by atoms with Gasteiger partial charge in [0.25, 0.3) is 0 Å². The van der Waals surface area contributed by atoms with Gasteiger partial charge in [-0.2, -0.15) is 4.98 Å². The first-order chi connectivity index (χ1) is 5.72. The SMILES string of the molecule is CNC(=S)NCc1noc(C)n1. The van der Waals surface area contributed by atoms with E-state index in [4.69, 9.17) is 16.7 Å². The van der Waals surface area contributed by atoms with Crippen molar-refractivity contribution in [3.8, 4) is 0 Å². The summed E-state index contributed by atoms with van der Waals surface area (Å²) in [5.74, 6) is 1.16. The van der Waals surface area contributed by atoms with Crippen molar-refractivity contribution in [1.82, 2.24) is 20.8 Å². The van der Waals surface area contributed by atoms with Crippen LogP contribution in [0.15, 0.2) is 4.52 Å². The molecule has 6 heteroatoms. The minimum atomic E-state index is 0.483. The summed E-state index contributed by atoms with van der Waals surface area (Å²) < 4.78 is 4.77. The van der Waals surface area contributed by atoms with Crippen LogP contribution in [0.3, 0.4) is 0 Å². The molecule has 0 atom stereocenters. The highest BCUT2D eigenvalue weighted by molar-refractivity contribution is 7.80. The molecule has 0 radical (unpaired) electrons. The van der Waals surface area contributed by atoms with Crippen LogP contribution in [0.4, 0.5) is 0 Å². The molecule has 0 spiro atoms. The van der Waals surface area contributed by atoms with Crippen LogP contribution in [0.25, 0.3) is 0 Å². The highest BCUT2D eigenvalue weighted by atomic mass is 32.1. The zero-order chi connectivity index (χ0) is 8.97. The standard InChI is InChI=1S/C6H10N4OS/c1-4-9-5(10-11-4)3-8-6(12)7-2/h3H2,1-2H3,(H2,7,8,12). The lowest BCUT2D eigenvalue weighted by Crippen LogP contribution is -2.32. The van der Waals surface area contributed by atoms with E-state index in [2.05, 4.69) is 20.8 Å². The van der Waals surface area contributed by atoms with E-state index < -0.39 is 0 Å². The van der Waals surface area contributed by atoms with Crippen LogP contribution in [0.5, 0.6) is 0 Å². The van der Waals surface area contributed by atoms with Crippen molar-refractivity contribution in [2.45, 2.75) is 13.5 Å². The molecule has 0 saturated heterocycles. The molecule has 0 aliphatic heterocycles. The maximum Gasteiger partial charge on any atom is 0.223 e. The molecule has 2 N–H and O–H groups in total. The molecule has 0 aliphatic carbocycles. The van der Waals surface area contributed by atoms with Crippen LogP contribution in [0.1, 0.15) is 11.7 Å². The summed E-state index contributed by atoms with van der Waals surface area (Å²) in [6.07, 6.45) is 0. The van der Waals surface area contributed by atoms with E-state index in [9.17, 15) is 0 Å². The lowest BCUT2D eigenvalue weighted by atomic mass is 10.6. The predicted octanol–water partition coefficient (Wildman–Crippen LogP) is -0.0281. The molecule has 12 heavy (non-hydrogen) atoms. The molecular weight excluding hydrogens is 176 g/mol. The number of aryl methyl sites for hydroxylation is 1. The maximum atomic E-state index is 4.85. The third-order valence-electron chi connectivity index (χ3n) is 1.20. The summed E-state index contributed by atoms with van der Waals surface area (Å²) in [6, 6.07) is 0. The second kappa shape index (κ2) is 4.01. The normalized spacial score (nSPS) is 9.50. The van der Waals surface area contributed by atoms with Crippen LogP contribution < -0.4 is 10.6 Å². The van der Waals surface area contributed by atoms with E-state index in [1.54, 1.807) is 14.0 Å². The lowest BCUT2D eigenvalue weighted by molar-refractivity contribution is 0.387. The molecule has 0 amide bonds. The second-order valence-corrected chi connectivity index (χ2v) is 2.57. The molecule has 0 fully saturated rings. The molecule has 66 valence electrons. The van der Waals surface area contributed by atoms with Crippen LogP contribution in [0, 0.1) is 6.92 Å². The van der Waals surface area contributed by atoms with Crippen molar-refractivity contribution in [2.24, 2.45) is 0 Å². The van der Waals surface area contributed by atoms with E-state index >= 15 is 0 Å². The summed E-state index contributed by atoms with van der Waals surface area (Å²) in [7, 11) is 1.75. The highest BCUT2D eigenvalue weighted by Crippen LogP contribution is 1.93. The van der Waals surface area contributed by atoms with Gasteiger partial charge in [-0.05, 0) is 12.2 Å². The van der Waals surface area contributed by atoms with Gasteiger partial charge in [-0.25, -0.2) is 0 Å². The average molecular weight is 186 g/mol. The van der Waals surface area contributed by atoms with Crippen LogP contribution in [-0.2, 0) is 6.54 Å². The van der Waals surface area contributed by atoms with Gasteiger partial charge in [0.05, 0.1) is 6.54 Å². The fourth-order valence-electron chi connectivity index (χ4n) is 0.661. The van der Waals surface area contributed by atoms with Gasteiger partial charge in [-0.15, -0.1) is 0 Å². The highest BCUT2D eigenvalue weighted by Gasteiger charge is 2.01. The summed E-state index contributed by atoms with van der Waals surface area (Å²) in [6.45, 7) is 2.23. The number of nitrogens with one attached hydrogen (secondary N) is 2. The second-order valence-electron chi connectivity index (χ2n) is 2.16. The van der Waals surface area contributed by atoms with Gasteiger partial charge < -0.3 is 15.2 Å². The molecule has 5 nitrogen and oxygen atoms in total. The monoisotopic (exact) mass is 186 g/mol. The molecule has 0 saturated carbocycles. The molecule has 0 aliphatic rings. The predicted molar refractivity (Wildman–Crippen MR) is 47.5 cm³/mol. The van der Waals surface area contributed by atoms with E-state index in [1.165, 1.54) is 0 Å². The number of hydrogen-bond donors (Lipinski definition) is 2. The number of nitrogens with zero attached hydrogens (tertiary/aromatic N) is 2. The topological polar surface area (TPSA) is 63.0 Å². The van der Waals surface area contributed by atoms with Gasteiger partial charge in [0.15, 0.2) is 10.9 Å². The summed E-state index contributed by atoms with van der Waals surface area (Å²) in [5, 5.41) is 9.93. The van der Waals surface area contributed by atoms with Crippen molar-refractivity contribution in [3.63, 3.8) is 0 Å². The number of aromatic nitrogens is 2. The Hall–Kier alpha value is -1.17. The summed E-state index contributed by atoms with van der Waals surface area (Å²) in [5.41, 5.74) is 0. The molecule has 0 unspecified atom stereocenters. The quantitative estimate of drug-likeness (QED) is 0.632. The van der Waals surface area contributed by atoms with Gasteiger partial charge >= 0.3 is 0 Å². The van der Waals surface area contributed by atoms with Gasteiger partial charge in [-0.1, -0.05) is 5.16 Å². The number of thiocarbonyl (C=S) groups is 1. The van der Waals surface area contributed by atoms with Crippen LogP contribution >= 0.6 is 12.2 Å². The average Bonchev–Trinajstić information content (AvgIpc) is 2.47. The van der Waals surface area contributed by atoms with Crippen molar-refractivity contribution in [1.29, 1.82) is 0 Å². The Balaban J connectivity index is 2.38. The van der Waals surface area contributed by atoms with Crippen molar-refractivity contribution >= 4 is 17.3 Å². The Morgan fingerprint density at radius 3 is 2.92 bits per heavy atom. The largest absolute Gasteiger partial charge is 0.366 e. The lowest BCUT2D eigenvalue weighted by Gasteiger charge is -2.02. The van der Waals surface area contributed by atoms with E-state index in [-0.39, 0.29) is 0 Å². The third kappa shape index (κ3) is 2.46. The molecule has 0 aromatic carbocycles. The van der Waals surface area contributed by atoms with E-state index in [0.29, 0.717) is 23.4 Å². The minimum Gasteiger partial charge on any atom is -0.366 e. The Morgan fingerprint density at radius 2 is 2.42 bits per heavy atom. The molecular formula is C6H10N4OS. The van der Waals surface area contributed by atoms with Gasteiger partial charge in [0, 0.05) is 14.0 Å². The Morgan fingerprint density at radius 1 is 1.67 bits per heavy atom. The Bertz CT molecular complexity index is 272. The fraction of sp³-hybridized carbons (Fsp3) is 0.500. The van der Waals surface area contributed by atoms with E-state index in [0.717, 1.165) is 0 Å². The molecule has 1 aromatic rings. The zero-order valence-electron chi connectivity index (χ0n) is 6.92. The zero-order valence-corrected chi connectivity index (χ0v) is 7.73. The first-order valence-electron chi connectivity index (χ1n) is 3.47. The van der Waals surface area contributed by atoms with Gasteiger partial charge in [0.2, 0.25) is 5.89 Å². The molecule has 1 heterocycles. The van der Waals surface area contributed by atoms with Crippen molar-refractivity contribution in [2.75, 3.05) is 7.05 Å². The molecule has 1 aromatic heterocycles. The van der Waals surface area contributed by atoms with Crippen molar-refractivity contribution in [3.05, 3.63) is 11.7 Å². The van der Waals surface area contributed by atoms with Crippen LogP contribution in [0.2, 0.25) is 0 Å². The third-order valence-corrected chi connectivity index (χ3v) is 1.55. The van der Waals surface area contributed by atoms with Crippen LogP contribution in [-0.4, -0.2) is 22.3 Å². The van der Waals surface area contributed by atoms with Crippen molar-refractivity contribution < 1.29 is 4.52 Å². The van der Waals surface area contributed by atoms with E-state index in [1.807, 2.05) is 0 Å². The van der Waals surface area contributed by atoms with Gasteiger partial charge in [-0.3, -0.25) is 0 Å². The maximum absolute atomic E-state index is 4.85. The Kier molecular flexibility index (Phi) is 2.98. The fourth-order valence-corrected chi connectivity index (χ4v) is 0.733. The molecule has 0 bridgehead atoms. The summed E-state index contributed by atoms with van der Waals surface area (Å²) >= 11 is 4.85.